The lowest BCUT2D eigenvalue weighted by Gasteiger charge is -2.23. The molecule has 0 saturated heterocycles. The van der Waals surface area contributed by atoms with Crippen LogP contribution in [0.2, 0.25) is 0 Å². The molecular formula is C10H14F3N5O. The van der Waals surface area contributed by atoms with Crippen molar-refractivity contribution in [3.05, 3.63) is 11.8 Å². The number of nitrogens with one attached hydrogen (secondary N) is 2. The van der Waals surface area contributed by atoms with E-state index >= 15 is 0 Å². The number of nitrogens with zero attached hydrogens (tertiary/aromatic N) is 2. The third-order valence-corrected chi connectivity index (χ3v) is 2.30. The van der Waals surface area contributed by atoms with Crippen molar-refractivity contribution in [1.82, 2.24) is 9.97 Å². The summed E-state index contributed by atoms with van der Waals surface area (Å²) >= 11 is 0. The number of carbonyl (C=O) groups is 1. The Morgan fingerprint density at radius 2 is 1.89 bits per heavy atom. The van der Waals surface area contributed by atoms with E-state index in [4.69, 9.17) is 5.73 Å². The van der Waals surface area contributed by atoms with Gasteiger partial charge in [0, 0.05) is 13.1 Å². The number of hydrogen-bond donors (Lipinski definition) is 3. The molecule has 1 amide bonds. The van der Waals surface area contributed by atoms with Crippen molar-refractivity contribution in [3.8, 4) is 0 Å². The van der Waals surface area contributed by atoms with Gasteiger partial charge in [-0.2, -0.15) is 18.2 Å². The van der Waals surface area contributed by atoms with Gasteiger partial charge in [-0.1, -0.05) is 0 Å². The van der Waals surface area contributed by atoms with Gasteiger partial charge >= 0.3 is 6.18 Å². The summed E-state index contributed by atoms with van der Waals surface area (Å²) in [6.45, 7) is 2.87. The van der Waals surface area contributed by atoms with E-state index in [1.807, 2.05) is 0 Å². The molecule has 1 aromatic heterocycles. The maximum Gasteiger partial charge on any atom is 0.433 e. The van der Waals surface area contributed by atoms with E-state index in [-0.39, 0.29) is 11.8 Å². The summed E-state index contributed by atoms with van der Waals surface area (Å²) in [5.41, 5.74) is 2.78. The molecule has 0 saturated carbocycles. The Bertz CT molecular complexity index is 487. The third-order valence-electron chi connectivity index (χ3n) is 2.30. The molecule has 0 aromatic carbocycles. The molecule has 1 aromatic rings. The number of carbonyl (C=O) groups excluding carboxylic acids is 1. The molecule has 0 atom stereocenters. The lowest BCUT2D eigenvalue weighted by molar-refractivity contribution is -0.141. The zero-order valence-electron chi connectivity index (χ0n) is 10.6. The summed E-state index contributed by atoms with van der Waals surface area (Å²) in [5.74, 6) is -1.07. The summed E-state index contributed by atoms with van der Waals surface area (Å²) in [6.07, 6.45) is -4.61. The largest absolute Gasteiger partial charge is 0.433 e. The Labute approximate surface area is 107 Å². The SMILES string of the molecule is CNc1nc(NC(C)(C)C(N)=O)cc(C(F)(F)F)n1. The Kier molecular flexibility index (Phi) is 3.87. The van der Waals surface area contributed by atoms with Crippen molar-refractivity contribution < 1.29 is 18.0 Å². The first-order valence-corrected chi connectivity index (χ1v) is 5.28. The van der Waals surface area contributed by atoms with Crippen LogP contribution in [0.1, 0.15) is 19.5 Å². The van der Waals surface area contributed by atoms with Crippen molar-refractivity contribution in [3.63, 3.8) is 0 Å². The van der Waals surface area contributed by atoms with E-state index in [0.717, 1.165) is 0 Å². The van der Waals surface area contributed by atoms with Crippen LogP contribution in [0.5, 0.6) is 0 Å². The number of aromatic nitrogens is 2. The zero-order chi connectivity index (χ0) is 14.8. The predicted molar refractivity (Wildman–Crippen MR) is 63.5 cm³/mol. The van der Waals surface area contributed by atoms with E-state index in [0.29, 0.717) is 6.07 Å². The Morgan fingerprint density at radius 1 is 1.32 bits per heavy atom. The maximum atomic E-state index is 12.6. The second kappa shape index (κ2) is 4.90. The molecule has 0 aliphatic carbocycles. The van der Waals surface area contributed by atoms with Gasteiger partial charge in [0.25, 0.3) is 0 Å². The summed E-state index contributed by atoms with van der Waals surface area (Å²) < 4.78 is 37.9. The average molecular weight is 277 g/mol. The van der Waals surface area contributed by atoms with Crippen LogP contribution in [0.4, 0.5) is 24.9 Å². The highest BCUT2D eigenvalue weighted by Crippen LogP contribution is 2.30. The highest BCUT2D eigenvalue weighted by molar-refractivity contribution is 5.86. The number of nitrogens with two attached hydrogens (primary N) is 1. The Morgan fingerprint density at radius 3 is 2.32 bits per heavy atom. The van der Waals surface area contributed by atoms with Crippen LogP contribution < -0.4 is 16.4 Å². The van der Waals surface area contributed by atoms with Gasteiger partial charge in [-0.05, 0) is 13.8 Å². The number of amides is 1. The summed E-state index contributed by atoms with van der Waals surface area (Å²) in [4.78, 5) is 18.2. The number of halogens is 3. The average Bonchev–Trinajstić information content (AvgIpc) is 2.26. The smallest absolute Gasteiger partial charge is 0.368 e. The molecule has 19 heavy (non-hydrogen) atoms. The molecule has 1 heterocycles. The number of anilines is 2. The maximum absolute atomic E-state index is 12.6. The van der Waals surface area contributed by atoms with Crippen LogP contribution in [0.15, 0.2) is 6.07 Å². The van der Waals surface area contributed by atoms with Crippen molar-refractivity contribution in [2.24, 2.45) is 5.73 Å². The van der Waals surface area contributed by atoms with Gasteiger partial charge in [0.15, 0.2) is 5.69 Å². The minimum Gasteiger partial charge on any atom is -0.368 e. The third kappa shape index (κ3) is 3.70. The fourth-order valence-corrected chi connectivity index (χ4v) is 1.15. The first kappa shape index (κ1) is 15.0. The minimum atomic E-state index is -4.61. The van der Waals surface area contributed by atoms with E-state index in [2.05, 4.69) is 20.6 Å². The quantitative estimate of drug-likeness (QED) is 0.769. The van der Waals surface area contributed by atoms with Gasteiger partial charge < -0.3 is 16.4 Å². The first-order valence-electron chi connectivity index (χ1n) is 5.28. The van der Waals surface area contributed by atoms with E-state index in [1.165, 1.54) is 20.9 Å². The van der Waals surface area contributed by atoms with Crippen LogP contribution >= 0.6 is 0 Å². The molecule has 0 unspecified atom stereocenters. The van der Waals surface area contributed by atoms with Crippen LogP contribution in [-0.2, 0) is 11.0 Å². The monoisotopic (exact) mass is 277 g/mol. The van der Waals surface area contributed by atoms with E-state index in [9.17, 15) is 18.0 Å². The fourth-order valence-electron chi connectivity index (χ4n) is 1.15. The lowest BCUT2D eigenvalue weighted by atomic mass is 10.1. The second-order valence-corrected chi connectivity index (χ2v) is 4.32. The highest BCUT2D eigenvalue weighted by Gasteiger charge is 2.34. The highest BCUT2D eigenvalue weighted by atomic mass is 19.4. The van der Waals surface area contributed by atoms with Crippen LogP contribution in [0.3, 0.4) is 0 Å². The molecule has 0 radical (unpaired) electrons. The zero-order valence-corrected chi connectivity index (χ0v) is 10.6. The first-order chi connectivity index (χ1) is 8.56. The van der Waals surface area contributed by atoms with Crippen molar-refractivity contribution >= 4 is 17.7 Å². The molecule has 6 nitrogen and oxygen atoms in total. The molecule has 0 fully saturated rings. The fraction of sp³-hybridized carbons (Fsp3) is 0.500. The molecule has 4 N–H and O–H groups in total. The molecule has 0 aliphatic heterocycles. The second-order valence-electron chi connectivity index (χ2n) is 4.32. The van der Waals surface area contributed by atoms with Gasteiger partial charge in [-0.3, -0.25) is 4.79 Å². The standard InChI is InChI=1S/C10H14F3N5O/c1-9(2,7(14)19)18-6-4-5(10(11,12)13)16-8(15-3)17-6/h4H,1-3H3,(H2,14,19)(H2,15,16,17,18). The summed E-state index contributed by atoms with van der Waals surface area (Å²) in [5, 5.41) is 4.96. The Balaban J connectivity index is 3.18. The number of hydrogen-bond acceptors (Lipinski definition) is 5. The van der Waals surface area contributed by atoms with Gasteiger partial charge in [-0.15, -0.1) is 0 Å². The van der Waals surface area contributed by atoms with Crippen molar-refractivity contribution in [1.29, 1.82) is 0 Å². The molecular weight excluding hydrogens is 263 g/mol. The van der Waals surface area contributed by atoms with Gasteiger partial charge in [-0.25, -0.2) is 4.98 Å². The summed E-state index contributed by atoms with van der Waals surface area (Å²) in [6, 6.07) is 0.714. The molecule has 106 valence electrons. The van der Waals surface area contributed by atoms with E-state index < -0.39 is 23.3 Å². The molecule has 0 aliphatic rings. The summed E-state index contributed by atoms with van der Waals surface area (Å²) in [7, 11) is 1.39. The molecule has 0 spiro atoms. The number of primary amides is 1. The predicted octanol–water partition coefficient (Wildman–Crippen LogP) is 1.21. The lowest BCUT2D eigenvalue weighted by Crippen LogP contribution is -2.45. The van der Waals surface area contributed by atoms with Gasteiger partial charge in [0.1, 0.15) is 11.4 Å². The van der Waals surface area contributed by atoms with Crippen molar-refractivity contribution in [2.45, 2.75) is 25.6 Å². The van der Waals surface area contributed by atoms with Crippen LogP contribution in [0.25, 0.3) is 0 Å². The number of rotatable bonds is 4. The van der Waals surface area contributed by atoms with Gasteiger partial charge in [0.05, 0.1) is 0 Å². The molecule has 0 bridgehead atoms. The molecule has 9 heteroatoms. The molecule has 1 rings (SSSR count). The Hall–Kier alpha value is -2.06. The minimum absolute atomic E-state index is 0.143. The number of alkyl halides is 3. The van der Waals surface area contributed by atoms with Crippen LogP contribution in [-0.4, -0.2) is 28.5 Å². The van der Waals surface area contributed by atoms with Crippen molar-refractivity contribution in [2.75, 3.05) is 17.7 Å². The van der Waals surface area contributed by atoms with Crippen LogP contribution in [0, 0.1) is 0 Å². The van der Waals surface area contributed by atoms with E-state index in [1.54, 1.807) is 0 Å². The topological polar surface area (TPSA) is 92.9 Å². The normalized spacial score (nSPS) is 12.1. The van der Waals surface area contributed by atoms with Gasteiger partial charge in [0.2, 0.25) is 11.9 Å².